The van der Waals surface area contributed by atoms with Gasteiger partial charge in [-0.2, -0.15) is 0 Å². The Morgan fingerprint density at radius 3 is 2.54 bits per heavy atom. The Bertz CT molecular complexity index is 899. The standard InChI is InChI=1S/C21H31N2O11P/c1-21(2)12-32-35(29,34-17(21)18(25)22-10-9-16(24)30-3)33-13-31-20(28)23-15(19(26)27)11-14-7-5-4-6-8-14/h4-8,15,17,29,35H,9-13H2,1-3H3,(H,22,25)(H,23,28)(H,26,27)/t15-,17-/m0/s1. The fourth-order valence-corrected chi connectivity index (χ4v) is 4.76. The third-order valence-corrected chi connectivity index (χ3v) is 6.53. The molecule has 1 saturated heterocycles. The molecule has 0 aromatic heterocycles. The van der Waals surface area contributed by atoms with Crippen LogP contribution in [-0.2, 0) is 43.8 Å². The molecule has 0 bridgehead atoms. The number of carboxylic acids is 1. The van der Waals surface area contributed by atoms with Crippen LogP contribution < -0.4 is 10.6 Å². The first kappa shape index (κ1) is 28.4. The number of hydrogen-bond acceptors (Lipinski definition) is 10. The van der Waals surface area contributed by atoms with Gasteiger partial charge in [0.15, 0.2) is 0 Å². The van der Waals surface area contributed by atoms with Gasteiger partial charge in [-0.3, -0.25) is 0 Å². The number of carboxylic acid groups (broad SMARTS) is 1. The summed E-state index contributed by atoms with van der Waals surface area (Å²) in [6.45, 7) is 2.43. The minimum atomic E-state index is -4.38. The predicted octanol–water partition coefficient (Wildman–Crippen LogP) is 0.906. The number of amides is 2. The number of nitrogens with one attached hydrogen (secondary N) is 2. The van der Waals surface area contributed by atoms with E-state index in [-0.39, 0.29) is 26.0 Å². The summed E-state index contributed by atoms with van der Waals surface area (Å²) in [6, 6.07) is 7.43. The Balaban J connectivity index is 1.86. The molecule has 13 nitrogen and oxygen atoms in total. The monoisotopic (exact) mass is 518 g/mol. The molecule has 2 atom stereocenters. The van der Waals surface area contributed by atoms with Crippen LogP contribution >= 0.6 is 8.17 Å². The molecule has 0 saturated carbocycles. The van der Waals surface area contributed by atoms with E-state index in [1.54, 1.807) is 44.2 Å². The summed E-state index contributed by atoms with van der Waals surface area (Å²) in [7, 11) is -3.15. The first-order valence-electron chi connectivity index (χ1n) is 10.7. The molecule has 0 radical (unpaired) electrons. The topological polar surface area (TPSA) is 179 Å². The summed E-state index contributed by atoms with van der Waals surface area (Å²) in [5.41, 5.74) is -0.150. The SMILES string of the molecule is COC(=O)CCNC(=O)[C@@H]1O[PH](O)(OCOC(=O)N[C@@H](Cc2ccccc2)C(=O)O)OCC1(C)C. The van der Waals surface area contributed by atoms with Crippen molar-refractivity contribution in [3.05, 3.63) is 35.9 Å². The number of aliphatic carboxylic acids is 1. The Kier molecular flexibility index (Phi) is 10.3. The van der Waals surface area contributed by atoms with Crippen molar-refractivity contribution < 1.29 is 52.2 Å². The number of methoxy groups -OCH3 is 1. The number of carbonyl (C=O) groups excluding carboxylic acids is 3. The van der Waals surface area contributed by atoms with Crippen molar-refractivity contribution in [3.63, 3.8) is 0 Å². The first-order valence-corrected chi connectivity index (χ1v) is 12.4. The third-order valence-electron chi connectivity index (χ3n) is 5.00. The molecule has 4 N–H and O–H groups in total. The molecule has 196 valence electrons. The van der Waals surface area contributed by atoms with Gasteiger partial charge in [-0.05, 0) is 0 Å². The van der Waals surface area contributed by atoms with Crippen molar-refractivity contribution in [2.24, 2.45) is 5.41 Å². The van der Waals surface area contributed by atoms with Crippen LogP contribution in [0.25, 0.3) is 0 Å². The quantitative estimate of drug-likeness (QED) is 0.186. The molecule has 35 heavy (non-hydrogen) atoms. The van der Waals surface area contributed by atoms with Gasteiger partial charge in [0.1, 0.15) is 0 Å². The molecule has 0 spiro atoms. The third kappa shape index (κ3) is 9.04. The van der Waals surface area contributed by atoms with Crippen LogP contribution in [0.5, 0.6) is 0 Å². The zero-order chi connectivity index (χ0) is 26.1. The van der Waals surface area contributed by atoms with Crippen molar-refractivity contribution >= 4 is 32.1 Å². The second-order valence-electron chi connectivity index (χ2n) is 8.34. The molecular formula is C21H31N2O11P. The van der Waals surface area contributed by atoms with E-state index < -0.39 is 56.5 Å². The van der Waals surface area contributed by atoms with Crippen molar-refractivity contribution in [3.8, 4) is 0 Å². The Morgan fingerprint density at radius 1 is 1.23 bits per heavy atom. The summed E-state index contributed by atoms with van der Waals surface area (Å²) in [6.07, 6.45) is -2.30. The molecule has 1 aliphatic heterocycles. The number of benzene rings is 1. The molecule has 1 aromatic rings. The van der Waals surface area contributed by atoms with E-state index in [0.717, 1.165) is 0 Å². The van der Waals surface area contributed by atoms with Crippen molar-refractivity contribution in [2.45, 2.75) is 38.8 Å². The number of rotatable bonds is 11. The minimum absolute atomic E-state index is 0.000152. The zero-order valence-electron chi connectivity index (χ0n) is 19.6. The van der Waals surface area contributed by atoms with Gasteiger partial charge >= 0.3 is 202 Å². The van der Waals surface area contributed by atoms with E-state index in [4.69, 9.17) is 18.3 Å². The second kappa shape index (κ2) is 12.8. The van der Waals surface area contributed by atoms with E-state index in [0.29, 0.717) is 5.56 Å². The Labute approximate surface area is 202 Å². The summed E-state index contributed by atoms with van der Waals surface area (Å²) >= 11 is 0. The molecule has 1 aromatic carbocycles. The first-order chi connectivity index (χ1) is 16.5. The Morgan fingerprint density at radius 2 is 1.91 bits per heavy atom. The van der Waals surface area contributed by atoms with Crippen LogP contribution in [0.2, 0.25) is 0 Å². The number of alkyl carbamates (subject to hydrolysis) is 1. The fraction of sp³-hybridized carbons (Fsp3) is 0.524. The Hall–Kier alpha value is -2.83. The van der Waals surface area contributed by atoms with Crippen molar-refractivity contribution in [1.29, 1.82) is 0 Å². The zero-order valence-corrected chi connectivity index (χ0v) is 20.6. The van der Waals surface area contributed by atoms with Gasteiger partial charge in [0, 0.05) is 0 Å². The van der Waals surface area contributed by atoms with Gasteiger partial charge < -0.3 is 0 Å². The summed E-state index contributed by atoms with van der Waals surface area (Å²) in [5, 5.41) is 14.1. The van der Waals surface area contributed by atoms with Crippen LogP contribution in [0.3, 0.4) is 0 Å². The second-order valence-corrected chi connectivity index (χ2v) is 10.2. The number of carbonyl (C=O) groups is 4. The average Bonchev–Trinajstić information content (AvgIpc) is 2.81. The summed E-state index contributed by atoms with van der Waals surface area (Å²) in [5.74, 6) is -2.36. The van der Waals surface area contributed by atoms with E-state index in [1.807, 2.05) is 0 Å². The van der Waals surface area contributed by atoms with Crippen molar-refractivity contribution in [2.75, 3.05) is 27.1 Å². The number of esters is 1. The van der Waals surface area contributed by atoms with Crippen molar-refractivity contribution in [1.82, 2.24) is 10.6 Å². The molecule has 0 unspecified atom stereocenters. The molecule has 2 amide bonds. The van der Waals surface area contributed by atoms with Crippen LogP contribution in [0.15, 0.2) is 30.3 Å². The van der Waals surface area contributed by atoms with E-state index >= 15 is 0 Å². The summed E-state index contributed by atoms with van der Waals surface area (Å²) < 4.78 is 25.1. The number of ether oxygens (including phenoxy) is 2. The molecular weight excluding hydrogens is 487 g/mol. The van der Waals surface area contributed by atoms with Gasteiger partial charge in [-0.1, -0.05) is 0 Å². The van der Waals surface area contributed by atoms with Gasteiger partial charge in [-0.15, -0.1) is 0 Å². The van der Waals surface area contributed by atoms with E-state index in [2.05, 4.69) is 15.4 Å². The molecule has 2 rings (SSSR count). The van der Waals surface area contributed by atoms with Crippen LogP contribution in [0.4, 0.5) is 4.79 Å². The number of hydrogen-bond donors (Lipinski definition) is 4. The van der Waals surface area contributed by atoms with Gasteiger partial charge in [0.05, 0.1) is 0 Å². The van der Waals surface area contributed by atoms with Crippen LogP contribution in [0, 0.1) is 5.41 Å². The molecule has 1 aliphatic rings. The van der Waals surface area contributed by atoms with Crippen LogP contribution in [0.1, 0.15) is 25.8 Å². The van der Waals surface area contributed by atoms with E-state index in [9.17, 15) is 29.2 Å². The maximum absolute atomic E-state index is 12.5. The van der Waals surface area contributed by atoms with Gasteiger partial charge in [-0.25, -0.2) is 0 Å². The predicted molar refractivity (Wildman–Crippen MR) is 122 cm³/mol. The fourth-order valence-electron chi connectivity index (χ4n) is 3.05. The van der Waals surface area contributed by atoms with E-state index in [1.165, 1.54) is 7.11 Å². The van der Waals surface area contributed by atoms with Crippen LogP contribution in [-0.4, -0.2) is 73.1 Å². The van der Waals surface area contributed by atoms with Gasteiger partial charge in [0.2, 0.25) is 0 Å². The maximum atomic E-state index is 12.5. The average molecular weight is 518 g/mol. The molecule has 1 heterocycles. The molecule has 1 fully saturated rings. The van der Waals surface area contributed by atoms with Gasteiger partial charge in [0.25, 0.3) is 0 Å². The molecule has 14 heteroatoms. The normalized spacial score (nSPS) is 20.1. The summed E-state index contributed by atoms with van der Waals surface area (Å²) in [4.78, 5) is 57.8. The molecule has 0 aliphatic carbocycles.